The zero-order valence-electron chi connectivity index (χ0n) is 6.36. The van der Waals surface area contributed by atoms with Gasteiger partial charge in [-0.05, 0) is 22.0 Å². The number of nitrogens with zero attached hydrogens (tertiary/aromatic N) is 1. The first-order valence-electron chi connectivity index (χ1n) is 3.45. The van der Waals surface area contributed by atoms with Gasteiger partial charge in [0.15, 0.2) is 5.76 Å². The van der Waals surface area contributed by atoms with E-state index in [2.05, 4.69) is 20.9 Å². The molecule has 0 aromatic carbocycles. The lowest BCUT2D eigenvalue weighted by Gasteiger charge is -1.91. The maximum Gasteiger partial charge on any atom is 0.248 e. The normalized spacial score (nSPS) is 10.2. The minimum atomic E-state index is -0.196. The standard InChI is InChI=1S/C8H4BrNO2S/c9-5-1-2-12-8(5)7(11)6-3-13-4-10-6/h1-4H. The maximum absolute atomic E-state index is 11.6. The first kappa shape index (κ1) is 8.65. The molecule has 0 fully saturated rings. The highest BCUT2D eigenvalue weighted by atomic mass is 79.9. The van der Waals surface area contributed by atoms with E-state index in [1.54, 1.807) is 17.0 Å². The predicted molar refractivity (Wildman–Crippen MR) is 52.0 cm³/mol. The molecule has 0 amide bonds. The van der Waals surface area contributed by atoms with Gasteiger partial charge in [-0.3, -0.25) is 4.79 Å². The highest BCUT2D eigenvalue weighted by molar-refractivity contribution is 9.10. The molecule has 3 nitrogen and oxygen atoms in total. The molecule has 66 valence electrons. The Morgan fingerprint density at radius 1 is 1.62 bits per heavy atom. The summed E-state index contributed by atoms with van der Waals surface area (Å²) in [7, 11) is 0. The van der Waals surface area contributed by atoms with Crippen LogP contribution >= 0.6 is 27.3 Å². The van der Waals surface area contributed by atoms with Crippen LogP contribution in [0.1, 0.15) is 16.2 Å². The maximum atomic E-state index is 11.6. The quantitative estimate of drug-likeness (QED) is 0.778. The van der Waals surface area contributed by atoms with Crippen molar-refractivity contribution in [2.24, 2.45) is 0 Å². The SMILES string of the molecule is O=C(c1cscn1)c1occc1Br. The molecular weight excluding hydrogens is 254 g/mol. The van der Waals surface area contributed by atoms with Gasteiger partial charge in [0, 0.05) is 5.38 Å². The van der Waals surface area contributed by atoms with Gasteiger partial charge in [-0.2, -0.15) is 0 Å². The van der Waals surface area contributed by atoms with Crippen LogP contribution in [0.2, 0.25) is 0 Å². The van der Waals surface area contributed by atoms with Crippen LogP contribution < -0.4 is 0 Å². The number of carbonyl (C=O) groups excluding carboxylic acids is 1. The number of carbonyl (C=O) groups is 1. The Balaban J connectivity index is 2.39. The molecule has 0 aliphatic carbocycles. The lowest BCUT2D eigenvalue weighted by Crippen LogP contribution is -2.00. The molecule has 2 aromatic rings. The Morgan fingerprint density at radius 3 is 3.00 bits per heavy atom. The van der Waals surface area contributed by atoms with Crippen LogP contribution in [0.5, 0.6) is 0 Å². The highest BCUT2D eigenvalue weighted by Gasteiger charge is 2.17. The van der Waals surface area contributed by atoms with Crippen molar-refractivity contribution in [3.63, 3.8) is 0 Å². The summed E-state index contributed by atoms with van der Waals surface area (Å²) in [6, 6.07) is 1.68. The van der Waals surface area contributed by atoms with Gasteiger partial charge >= 0.3 is 0 Å². The molecule has 2 aromatic heterocycles. The Morgan fingerprint density at radius 2 is 2.46 bits per heavy atom. The number of aromatic nitrogens is 1. The third kappa shape index (κ3) is 1.57. The van der Waals surface area contributed by atoms with Crippen molar-refractivity contribution < 1.29 is 9.21 Å². The topological polar surface area (TPSA) is 43.1 Å². The summed E-state index contributed by atoms with van der Waals surface area (Å²) in [5.74, 6) is 0.101. The van der Waals surface area contributed by atoms with Gasteiger partial charge < -0.3 is 4.42 Å². The van der Waals surface area contributed by atoms with Gasteiger partial charge in [0.25, 0.3) is 0 Å². The molecule has 13 heavy (non-hydrogen) atoms. The molecule has 5 heteroatoms. The number of thiazole rings is 1. The Labute approximate surface area is 86.5 Å². The Kier molecular flexibility index (Phi) is 2.28. The predicted octanol–water partition coefficient (Wildman–Crippen LogP) is 2.73. The van der Waals surface area contributed by atoms with Gasteiger partial charge in [0.05, 0.1) is 16.2 Å². The average molecular weight is 258 g/mol. The molecule has 2 rings (SSSR count). The van der Waals surface area contributed by atoms with Crippen LogP contribution in [0.25, 0.3) is 0 Å². The molecule has 2 heterocycles. The first-order chi connectivity index (χ1) is 6.29. The van der Waals surface area contributed by atoms with E-state index in [0.29, 0.717) is 15.9 Å². The lowest BCUT2D eigenvalue weighted by molar-refractivity contribution is 0.100. The van der Waals surface area contributed by atoms with Crippen LogP contribution in [0.4, 0.5) is 0 Å². The smallest absolute Gasteiger partial charge is 0.248 e. The second kappa shape index (κ2) is 3.43. The summed E-state index contributed by atoms with van der Waals surface area (Å²) in [4.78, 5) is 15.5. The van der Waals surface area contributed by atoms with Gasteiger partial charge in [0.2, 0.25) is 5.78 Å². The molecule has 0 saturated carbocycles. The summed E-state index contributed by atoms with van der Waals surface area (Å²) < 4.78 is 5.68. The molecule has 0 unspecified atom stereocenters. The average Bonchev–Trinajstić information content (AvgIpc) is 2.72. The highest BCUT2D eigenvalue weighted by Crippen LogP contribution is 2.20. The van der Waals surface area contributed by atoms with E-state index < -0.39 is 0 Å². The van der Waals surface area contributed by atoms with Crippen LogP contribution in [-0.2, 0) is 0 Å². The zero-order chi connectivity index (χ0) is 9.26. The summed E-state index contributed by atoms with van der Waals surface area (Å²) in [5.41, 5.74) is 2.03. The van der Waals surface area contributed by atoms with E-state index in [-0.39, 0.29) is 5.78 Å². The van der Waals surface area contributed by atoms with Crippen molar-refractivity contribution in [2.45, 2.75) is 0 Å². The number of halogens is 1. The number of rotatable bonds is 2. The molecule has 0 saturated heterocycles. The van der Waals surface area contributed by atoms with Crippen LogP contribution in [0.3, 0.4) is 0 Å². The fraction of sp³-hybridized carbons (Fsp3) is 0. The molecule has 0 aliphatic heterocycles. The molecule has 0 bridgehead atoms. The lowest BCUT2D eigenvalue weighted by atomic mass is 10.2. The molecule has 0 aliphatic rings. The van der Waals surface area contributed by atoms with E-state index in [1.165, 1.54) is 17.6 Å². The third-order valence-corrected chi connectivity index (χ3v) is 2.70. The van der Waals surface area contributed by atoms with Crippen LogP contribution in [0, 0.1) is 0 Å². The first-order valence-corrected chi connectivity index (χ1v) is 5.18. The fourth-order valence-corrected chi connectivity index (χ4v) is 1.81. The molecule has 0 spiro atoms. The largest absolute Gasteiger partial charge is 0.460 e. The van der Waals surface area contributed by atoms with Crippen LogP contribution in [0.15, 0.2) is 32.1 Å². The minimum Gasteiger partial charge on any atom is -0.460 e. The second-order valence-corrected chi connectivity index (χ2v) is 3.87. The van der Waals surface area contributed by atoms with E-state index >= 15 is 0 Å². The third-order valence-electron chi connectivity index (χ3n) is 1.49. The van der Waals surface area contributed by atoms with Crippen molar-refractivity contribution in [1.82, 2.24) is 4.98 Å². The van der Waals surface area contributed by atoms with Crippen molar-refractivity contribution in [1.29, 1.82) is 0 Å². The van der Waals surface area contributed by atoms with E-state index in [9.17, 15) is 4.79 Å². The number of furan rings is 1. The number of hydrogen-bond acceptors (Lipinski definition) is 4. The molecule has 0 N–H and O–H groups in total. The van der Waals surface area contributed by atoms with Crippen molar-refractivity contribution in [2.75, 3.05) is 0 Å². The van der Waals surface area contributed by atoms with E-state index in [1.807, 2.05) is 0 Å². The minimum absolute atomic E-state index is 0.196. The molecule has 0 atom stereocenters. The summed E-state index contributed by atoms with van der Waals surface area (Å²) in [6.45, 7) is 0. The Hall–Kier alpha value is -0.940. The summed E-state index contributed by atoms with van der Waals surface area (Å²) >= 11 is 4.60. The summed E-state index contributed by atoms with van der Waals surface area (Å²) in [6.07, 6.45) is 1.46. The zero-order valence-corrected chi connectivity index (χ0v) is 8.76. The van der Waals surface area contributed by atoms with Crippen LogP contribution in [-0.4, -0.2) is 10.8 Å². The fourth-order valence-electron chi connectivity index (χ4n) is 0.897. The second-order valence-electron chi connectivity index (χ2n) is 2.30. The van der Waals surface area contributed by atoms with Gasteiger partial charge in [-0.1, -0.05) is 0 Å². The number of hydrogen-bond donors (Lipinski definition) is 0. The van der Waals surface area contributed by atoms with Crippen molar-refractivity contribution in [3.05, 3.63) is 39.1 Å². The Bertz CT molecular complexity index is 421. The summed E-state index contributed by atoms with van der Waals surface area (Å²) in [5, 5.41) is 1.69. The van der Waals surface area contributed by atoms with Crippen molar-refractivity contribution >= 4 is 33.0 Å². The van der Waals surface area contributed by atoms with E-state index in [0.717, 1.165) is 0 Å². The number of ketones is 1. The van der Waals surface area contributed by atoms with E-state index in [4.69, 9.17) is 4.42 Å². The molecular formula is C8H4BrNO2S. The van der Waals surface area contributed by atoms with Gasteiger partial charge in [0.1, 0.15) is 5.69 Å². The van der Waals surface area contributed by atoms with Crippen molar-refractivity contribution in [3.8, 4) is 0 Å². The monoisotopic (exact) mass is 257 g/mol. The van der Waals surface area contributed by atoms with Gasteiger partial charge in [-0.15, -0.1) is 11.3 Å². The van der Waals surface area contributed by atoms with Gasteiger partial charge in [-0.25, -0.2) is 4.98 Å². The molecule has 0 radical (unpaired) electrons.